The molecule has 0 N–H and O–H groups in total. The minimum atomic E-state index is 1.21. The lowest BCUT2D eigenvalue weighted by Gasteiger charge is -2.00. The van der Waals surface area contributed by atoms with Gasteiger partial charge in [-0.05, 0) is 26.2 Å². The largest absolute Gasteiger partial charge is 0.0802 e. The minimum Gasteiger partial charge on any atom is -0.0802 e. The van der Waals surface area contributed by atoms with E-state index in [4.69, 9.17) is 0 Å². The molecule has 0 aliphatic heterocycles. The van der Waals surface area contributed by atoms with E-state index in [1.807, 2.05) is 0 Å². The molecule has 0 aromatic rings. The first-order chi connectivity index (χ1) is 4.84. The highest BCUT2D eigenvalue weighted by Crippen LogP contribution is 2.22. The highest BCUT2D eigenvalue weighted by atomic mass is 14.1. The average Bonchev–Trinajstić information content (AvgIpc) is 2.31. The Bertz CT molecular complexity index is 161. The molecule has 0 bridgehead atoms. The quantitative estimate of drug-likeness (QED) is 0.557. The summed E-state index contributed by atoms with van der Waals surface area (Å²) in [6, 6.07) is 0. The van der Waals surface area contributed by atoms with E-state index in [0.717, 1.165) is 0 Å². The summed E-state index contributed by atoms with van der Waals surface area (Å²) in [6.07, 6.45) is 9.71. The van der Waals surface area contributed by atoms with Gasteiger partial charge in [-0.15, -0.1) is 0 Å². The SMILES string of the molecule is CCCCC1=C(C)C=CC1. The van der Waals surface area contributed by atoms with Gasteiger partial charge in [0.1, 0.15) is 0 Å². The first-order valence-corrected chi connectivity index (χ1v) is 4.19. The molecule has 10 heavy (non-hydrogen) atoms. The fraction of sp³-hybridized carbons (Fsp3) is 0.600. The summed E-state index contributed by atoms with van der Waals surface area (Å²) in [5.41, 5.74) is 3.16. The smallest absolute Gasteiger partial charge is 0.0130 e. The van der Waals surface area contributed by atoms with Crippen molar-refractivity contribution in [3.05, 3.63) is 23.3 Å². The predicted molar refractivity (Wildman–Crippen MR) is 46.0 cm³/mol. The van der Waals surface area contributed by atoms with Gasteiger partial charge in [0.05, 0.1) is 0 Å². The number of hydrogen-bond donors (Lipinski definition) is 0. The van der Waals surface area contributed by atoms with Gasteiger partial charge in [-0.25, -0.2) is 0 Å². The molecule has 0 nitrogen and oxygen atoms in total. The number of hydrogen-bond acceptors (Lipinski definition) is 0. The molecule has 0 atom stereocenters. The van der Waals surface area contributed by atoms with Gasteiger partial charge >= 0.3 is 0 Å². The van der Waals surface area contributed by atoms with Gasteiger partial charge in [-0.2, -0.15) is 0 Å². The molecule has 1 aliphatic rings. The van der Waals surface area contributed by atoms with Crippen molar-refractivity contribution in [2.45, 2.75) is 39.5 Å². The zero-order chi connectivity index (χ0) is 7.40. The zero-order valence-corrected chi connectivity index (χ0v) is 6.98. The van der Waals surface area contributed by atoms with Gasteiger partial charge in [0.25, 0.3) is 0 Å². The third-order valence-electron chi connectivity index (χ3n) is 2.12. The van der Waals surface area contributed by atoms with Crippen LogP contribution >= 0.6 is 0 Å². The second kappa shape index (κ2) is 3.60. The van der Waals surface area contributed by atoms with E-state index in [9.17, 15) is 0 Å². The van der Waals surface area contributed by atoms with E-state index in [-0.39, 0.29) is 0 Å². The summed E-state index contributed by atoms with van der Waals surface area (Å²) in [5.74, 6) is 0. The number of rotatable bonds is 3. The van der Waals surface area contributed by atoms with Crippen LogP contribution in [0, 0.1) is 0 Å². The molecular formula is C10H16. The summed E-state index contributed by atoms with van der Waals surface area (Å²) < 4.78 is 0. The fourth-order valence-electron chi connectivity index (χ4n) is 1.35. The Morgan fingerprint density at radius 1 is 1.50 bits per heavy atom. The third-order valence-corrected chi connectivity index (χ3v) is 2.12. The van der Waals surface area contributed by atoms with Crippen LogP contribution in [0.25, 0.3) is 0 Å². The Morgan fingerprint density at radius 3 is 2.80 bits per heavy atom. The molecule has 0 amide bonds. The first kappa shape index (κ1) is 7.59. The molecule has 0 spiro atoms. The molecule has 1 aliphatic carbocycles. The van der Waals surface area contributed by atoms with Crippen LogP contribution in [0.15, 0.2) is 23.3 Å². The monoisotopic (exact) mass is 136 g/mol. The van der Waals surface area contributed by atoms with E-state index in [1.165, 1.54) is 31.3 Å². The van der Waals surface area contributed by atoms with Crippen LogP contribution in [-0.4, -0.2) is 0 Å². The molecule has 0 radical (unpaired) electrons. The third kappa shape index (κ3) is 1.73. The summed E-state index contributed by atoms with van der Waals surface area (Å²) >= 11 is 0. The van der Waals surface area contributed by atoms with Crippen LogP contribution in [0.4, 0.5) is 0 Å². The van der Waals surface area contributed by atoms with E-state index in [0.29, 0.717) is 0 Å². The average molecular weight is 136 g/mol. The highest BCUT2D eigenvalue weighted by Gasteiger charge is 2.02. The molecule has 0 fully saturated rings. The van der Waals surface area contributed by atoms with Crippen molar-refractivity contribution in [1.29, 1.82) is 0 Å². The molecule has 0 heterocycles. The maximum absolute atomic E-state index is 2.26. The molecule has 0 saturated carbocycles. The highest BCUT2D eigenvalue weighted by molar-refractivity contribution is 5.31. The van der Waals surface area contributed by atoms with Gasteiger partial charge < -0.3 is 0 Å². The summed E-state index contributed by atoms with van der Waals surface area (Å²) in [6.45, 7) is 4.47. The minimum absolute atomic E-state index is 1.21. The second-order valence-electron chi connectivity index (χ2n) is 3.00. The summed E-state index contributed by atoms with van der Waals surface area (Å²) in [4.78, 5) is 0. The van der Waals surface area contributed by atoms with Crippen LogP contribution in [0.3, 0.4) is 0 Å². The topological polar surface area (TPSA) is 0 Å². The second-order valence-corrected chi connectivity index (χ2v) is 3.00. The maximum atomic E-state index is 2.26. The molecule has 0 unspecified atom stereocenters. The van der Waals surface area contributed by atoms with Crippen LogP contribution < -0.4 is 0 Å². The summed E-state index contributed by atoms with van der Waals surface area (Å²) in [5, 5.41) is 0. The van der Waals surface area contributed by atoms with Crippen molar-refractivity contribution in [2.75, 3.05) is 0 Å². The lowest BCUT2D eigenvalue weighted by molar-refractivity contribution is 0.775. The van der Waals surface area contributed by atoms with Gasteiger partial charge in [-0.1, -0.05) is 36.6 Å². The normalized spacial score (nSPS) is 17.0. The van der Waals surface area contributed by atoms with Crippen molar-refractivity contribution in [2.24, 2.45) is 0 Å². The van der Waals surface area contributed by atoms with E-state index >= 15 is 0 Å². The fourth-order valence-corrected chi connectivity index (χ4v) is 1.35. The van der Waals surface area contributed by atoms with Crippen LogP contribution in [0.1, 0.15) is 39.5 Å². The van der Waals surface area contributed by atoms with Crippen molar-refractivity contribution < 1.29 is 0 Å². The molecule has 0 aromatic heterocycles. The molecule has 0 aromatic carbocycles. The number of allylic oxidation sites excluding steroid dienone is 4. The predicted octanol–water partition coefficient (Wildman–Crippen LogP) is 3.45. The van der Waals surface area contributed by atoms with Crippen LogP contribution in [0.2, 0.25) is 0 Å². The standard InChI is InChI=1S/C10H16/c1-3-4-7-10-8-5-6-9(10)2/h5-6H,3-4,7-8H2,1-2H3. The van der Waals surface area contributed by atoms with Gasteiger partial charge in [-0.3, -0.25) is 0 Å². The Kier molecular flexibility index (Phi) is 2.73. The molecule has 0 saturated heterocycles. The van der Waals surface area contributed by atoms with Crippen molar-refractivity contribution >= 4 is 0 Å². The Labute approximate surface area is 63.6 Å². The van der Waals surface area contributed by atoms with Crippen molar-refractivity contribution in [3.8, 4) is 0 Å². The van der Waals surface area contributed by atoms with E-state index in [1.54, 1.807) is 5.57 Å². The maximum Gasteiger partial charge on any atom is -0.0130 e. The van der Waals surface area contributed by atoms with Crippen LogP contribution in [-0.2, 0) is 0 Å². The molecule has 0 heteroatoms. The van der Waals surface area contributed by atoms with Gasteiger partial charge in [0, 0.05) is 0 Å². The first-order valence-electron chi connectivity index (χ1n) is 4.19. The van der Waals surface area contributed by atoms with Crippen molar-refractivity contribution in [1.82, 2.24) is 0 Å². The van der Waals surface area contributed by atoms with Crippen molar-refractivity contribution in [3.63, 3.8) is 0 Å². The van der Waals surface area contributed by atoms with Gasteiger partial charge in [0.2, 0.25) is 0 Å². The van der Waals surface area contributed by atoms with Gasteiger partial charge in [0.15, 0.2) is 0 Å². The zero-order valence-electron chi connectivity index (χ0n) is 6.98. The Balaban J connectivity index is 2.35. The summed E-state index contributed by atoms with van der Waals surface area (Å²) in [7, 11) is 0. The molecule has 1 rings (SSSR count). The number of unbranched alkanes of at least 4 members (excludes halogenated alkanes) is 1. The van der Waals surface area contributed by atoms with E-state index in [2.05, 4.69) is 26.0 Å². The molecule has 56 valence electrons. The Morgan fingerprint density at radius 2 is 2.30 bits per heavy atom. The lowest BCUT2D eigenvalue weighted by atomic mass is 10.1. The lowest BCUT2D eigenvalue weighted by Crippen LogP contribution is -1.81. The Hall–Kier alpha value is -0.520. The molecular weight excluding hydrogens is 120 g/mol. The van der Waals surface area contributed by atoms with Crippen LogP contribution in [0.5, 0.6) is 0 Å². The van der Waals surface area contributed by atoms with E-state index < -0.39 is 0 Å².